The number of hydrogen-bond donors (Lipinski definition) is 2. The first-order valence-corrected chi connectivity index (χ1v) is 7.35. The number of hydrogen-bond acceptors (Lipinski definition) is 4. The van der Waals surface area contributed by atoms with Crippen molar-refractivity contribution in [3.8, 4) is 0 Å². The van der Waals surface area contributed by atoms with Crippen molar-refractivity contribution in [2.75, 3.05) is 20.1 Å². The highest BCUT2D eigenvalue weighted by molar-refractivity contribution is 7.89. The third-order valence-corrected chi connectivity index (χ3v) is 4.99. The van der Waals surface area contributed by atoms with Gasteiger partial charge in [0.1, 0.15) is 4.90 Å². The molecule has 1 aliphatic rings. The molecule has 0 amide bonds. The van der Waals surface area contributed by atoms with Crippen molar-refractivity contribution < 1.29 is 8.42 Å². The number of nitrogens with one attached hydrogen (secondary N) is 2. The Morgan fingerprint density at radius 3 is 2.89 bits per heavy atom. The van der Waals surface area contributed by atoms with Gasteiger partial charge in [0, 0.05) is 19.6 Å². The van der Waals surface area contributed by atoms with E-state index in [1.54, 1.807) is 14.0 Å². The van der Waals surface area contributed by atoms with Gasteiger partial charge in [-0.05, 0) is 20.4 Å². The van der Waals surface area contributed by atoms with Gasteiger partial charge in [-0.2, -0.15) is 9.40 Å². The molecule has 100 valence electrons. The summed E-state index contributed by atoms with van der Waals surface area (Å²) in [5, 5.41) is 9.74. The third kappa shape index (κ3) is 2.33. The molecule has 1 aliphatic heterocycles. The van der Waals surface area contributed by atoms with E-state index in [9.17, 15) is 8.42 Å². The summed E-state index contributed by atoms with van der Waals surface area (Å²) in [7, 11) is -1.69. The van der Waals surface area contributed by atoms with Gasteiger partial charge in [0.2, 0.25) is 10.0 Å². The molecule has 2 N–H and O–H groups in total. The fourth-order valence-corrected chi connectivity index (χ4v) is 3.80. The van der Waals surface area contributed by atoms with Gasteiger partial charge in [0.25, 0.3) is 0 Å². The molecule has 2 heterocycles. The summed E-state index contributed by atoms with van der Waals surface area (Å²) >= 11 is 0. The van der Waals surface area contributed by atoms with Crippen LogP contribution >= 0.6 is 0 Å². The largest absolute Gasteiger partial charge is 0.314 e. The molecule has 0 fully saturated rings. The highest BCUT2D eigenvalue weighted by Crippen LogP contribution is 2.23. The summed E-state index contributed by atoms with van der Waals surface area (Å²) in [6.07, 6.45) is 4.65. The zero-order valence-electron chi connectivity index (χ0n) is 10.6. The predicted octanol–water partition coefficient (Wildman–Crippen LogP) is 0.388. The van der Waals surface area contributed by atoms with Gasteiger partial charge in [0.15, 0.2) is 0 Å². The number of nitrogens with zero attached hydrogens (tertiary/aromatic N) is 2. The second kappa shape index (κ2) is 5.21. The van der Waals surface area contributed by atoms with Gasteiger partial charge >= 0.3 is 0 Å². The fraction of sp³-hybridized carbons (Fsp3) is 0.545. The summed E-state index contributed by atoms with van der Waals surface area (Å²) in [4.78, 5) is 0.312. The second-order valence-electron chi connectivity index (χ2n) is 4.28. The molecule has 18 heavy (non-hydrogen) atoms. The molecule has 0 unspecified atom stereocenters. The zero-order chi connectivity index (χ0) is 13.2. The van der Waals surface area contributed by atoms with Gasteiger partial charge in [0.05, 0.1) is 11.4 Å². The van der Waals surface area contributed by atoms with E-state index in [0.717, 1.165) is 6.42 Å². The van der Waals surface area contributed by atoms with E-state index in [2.05, 4.69) is 15.5 Å². The van der Waals surface area contributed by atoms with Crippen molar-refractivity contribution in [1.82, 2.24) is 19.8 Å². The number of sulfonamides is 1. The summed E-state index contributed by atoms with van der Waals surface area (Å²) in [5.41, 5.74) is 1.14. The van der Waals surface area contributed by atoms with Crippen LogP contribution < -0.4 is 5.32 Å². The molecular formula is C11H18N4O2S. The minimum Gasteiger partial charge on any atom is -0.314 e. The van der Waals surface area contributed by atoms with Gasteiger partial charge in [-0.3, -0.25) is 5.10 Å². The number of aromatic nitrogens is 2. The van der Waals surface area contributed by atoms with Crippen LogP contribution in [0, 0.1) is 6.92 Å². The number of aromatic amines is 1. The minimum absolute atomic E-state index is 0.312. The standard InChI is InChI=1S/C11H18N4O2S/c1-9-11(10(8-12-2)14-13-9)18(16,17)15-6-4-3-5-7-15/h3-4,12H,5-8H2,1-2H3,(H,13,14). The Hall–Kier alpha value is -1.18. The van der Waals surface area contributed by atoms with E-state index in [-0.39, 0.29) is 0 Å². The van der Waals surface area contributed by atoms with Gasteiger partial charge in [-0.1, -0.05) is 12.2 Å². The average molecular weight is 270 g/mol. The molecule has 0 saturated heterocycles. The number of rotatable bonds is 4. The third-order valence-electron chi connectivity index (χ3n) is 2.92. The van der Waals surface area contributed by atoms with E-state index in [1.165, 1.54) is 4.31 Å². The van der Waals surface area contributed by atoms with E-state index in [4.69, 9.17) is 0 Å². The lowest BCUT2D eigenvalue weighted by molar-refractivity contribution is 0.436. The molecule has 0 atom stereocenters. The van der Waals surface area contributed by atoms with Gasteiger partial charge < -0.3 is 5.32 Å². The molecule has 0 aromatic carbocycles. The Balaban J connectivity index is 2.40. The maximum atomic E-state index is 12.6. The first kappa shape index (κ1) is 13.3. The smallest absolute Gasteiger partial charge is 0.247 e. The SMILES string of the molecule is CNCc1n[nH]c(C)c1S(=O)(=O)N1CC=CCC1. The maximum absolute atomic E-state index is 12.6. The maximum Gasteiger partial charge on any atom is 0.247 e. The Labute approximate surface area is 107 Å². The van der Waals surface area contributed by atoms with Crippen molar-refractivity contribution in [1.29, 1.82) is 0 Å². The molecule has 0 bridgehead atoms. The highest BCUT2D eigenvalue weighted by atomic mass is 32.2. The van der Waals surface area contributed by atoms with Crippen LogP contribution in [0.25, 0.3) is 0 Å². The normalized spacial score (nSPS) is 17.2. The van der Waals surface area contributed by atoms with Crippen molar-refractivity contribution >= 4 is 10.0 Å². The number of aryl methyl sites for hydroxylation is 1. The first-order valence-electron chi connectivity index (χ1n) is 5.91. The molecule has 7 heteroatoms. The lowest BCUT2D eigenvalue weighted by atomic mass is 10.3. The lowest BCUT2D eigenvalue weighted by Gasteiger charge is -2.23. The van der Waals surface area contributed by atoms with Gasteiger partial charge in [-0.25, -0.2) is 8.42 Å². The van der Waals surface area contributed by atoms with Crippen LogP contribution in [0.4, 0.5) is 0 Å². The lowest BCUT2D eigenvalue weighted by Crippen LogP contribution is -2.34. The van der Waals surface area contributed by atoms with Crippen LogP contribution in [0.2, 0.25) is 0 Å². The highest BCUT2D eigenvalue weighted by Gasteiger charge is 2.30. The topological polar surface area (TPSA) is 78.1 Å². The van der Waals surface area contributed by atoms with Crippen LogP contribution in [-0.4, -0.2) is 43.1 Å². The van der Waals surface area contributed by atoms with Gasteiger partial charge in [-0.15, -0.1) is 0 Å². The molecular weight excluding hydrogens is 252 g/mol. The van der Waals surface area contributed by atoms with E-state index < -0.39 is 10.0 Å². The molecule has 1 aromatic heterocycles. The first-order chi connectivity index (χ1) is 8.57. The predicted molar refractivity (Wildman–Crippen MR) is 68.6 cm³/mol. The van der Waals surface area contributed by atoms with E-state index in [0.29, 0.717) is 35.9 Å². The van der Waals surface area contributed by atoms with Crippen LogP contribution in [0.1, 0.15) is 17.8 Å². The Morgan fingerprint density at radius 1 is 1.50 bits per heavy atom. The summed E-state index contributed by atoms with van der Waals surface area (Å²) in [5.74, 6) is 0. The molecule has 0 spiro atoms. The van der Waals surface area contributed by atoms with Crippen molar-refractivity contribution in [2.45, 2.75) is 24.8 Å². The fourth-order valence-electron chi connectivity index (χ4n) is 2.07. The van der Waals surface area contributed by atoms with Crippen molar-refractivity contribution in [3.63, 3.8) is 0 Å². The average Bonchev–Trinajstić information content (AvgIpc) is 2.73. The summed E-state index contributed by atoms with van der Waals surface area (Å²) in [6.45, 7) is 3.13. The van der Waals surface area contributed by atoms with Crippen LogP contribution in [0.3, 0.4) is 0 Å². The molecule has 6 nitrogen and oxygen atoms in total. The zero-order valence-corrected chi connectivity index (χ0v) is 11.4. The molecule has 0 radical (unpaired) electrons. The van der Waals surface area contributed by atoms with Crippen molar-refractivity contribution in [3.05, 3.63) is 23.5 Å². The molecule has 1 aromatic rings. The van der Waals surface area contributed by atoms with Crippen LogP contribution in [0.15, 0.2) is 17.0 Å². The Kier molecular flexibility index (Phi) is 3.84. The van der Waals surface area contributed by atoms with Crippen LogP contribution in [-0.2, 0) is 16.6 Å². The molecule has 0 aliphatic carbocycles. The van der Waals surface area contributed by atoms with E-state index in [1.807, 2.05) is 12.2 Å². The van der Waals surface area contributed by atoms with Crippen molar-refractivity contribution in [2.24, 2.45) is 0 Å². The number of H-pyrrole nitrogens is 1. The summed E-state index contributed by atoms with van der Waals surface area (Å²) in [6, 6.07) is 0. The Morgan fingerprint density at radius 2 is 2.28 bits per heavy atom. The summed E-state index contributed by atoms with van der Waals surface area (Å²) < 4.78 is 26.6. The monoisotopic (exact) mass is 270 g/mol. The second-order valence-corrected chi connectivity index (χ2v) is 6.15. The minimum atomic E-state index is -3.45. The Bertz CT molecular complexity index is 547. The van der Waals surface area contributed by atoms with Crippen LogP contribution in [0.5, 0.6) is 0 Å². The molecule has 0 saturated carbocycles. The quantitative estimate of drug-likeness (QED) is 0.776. The van der Waals surface area contributed by atoms with E-state index >= 15 is 0 Å². The molecule has 2 rings (SSSR count).